The van der Waals surface area contributed by atoms with Crippen LogP contribution >= 0.6 is 11.3 Å². The van der Waals surface area contributed by atoms with Crippen LogP contribution in [0.1, 0.15) is 66.0 Å². The highest BCUT2D eigenvalue weighted by Crippen LogP contribution is 2.45. The zero-order valence-corrected chi connectivity index (χ0v) is 17.4. The van der Waals surface area contributed by atoms with E-state index in [1.807, 2.05) is 0 Å². The summed E-state index contributed by atoms with van der Waals surface area (Å²) < 4.78 is 6.94. The Bertz CT molecular complexity index is 895. The van der Waals surface area contributed by atoms with Crippen LogP contribution in [0.3, 0.4) is 0 Å². The smallest absolute Gasteiger partial charge is 0.341 e. The van der Waals surface area contributed by atoms with Crippen molar-refractivity contribution in [2.45, 2.75) is 52.1 Å². The van der Waals surface area contributed by atoms with Crippen LogP contribution in [0.25, 0.3) is 0 Å². The van der Waals surface area contributed by atoms with Crippen LogP contribution < -0.4 is 10.6 Å². The van der Waals surface area contributed by atoms with Crippen LogP contribution in [-0.2, 0) is 23.7 Å². The number of amides is 1. The van der Waals surface area contributed by atoms with Gasteiger partial charge in [0.25, 0.3) is 5.91 Å². The SMILES string of the molecule is CCOC(=O)c1c(NC(=O)c2nccn2C)sc2c1CC(C)(C)NC2(C)C. The Hall–Kier alpha value is -2.19. The van der Waals surface area contributed by atoms with Gasteiger partial charge in [-0.2, -0.15) is 0 Å². The van der Waals surface area contributed by atoms with E-state index in [1.165, 1.54) is 11.3 Å². The minimum atomic E-state index is -0.404. The normalized spacial score (nSPS) is 17.3. The van der Waals surface area contributed by atoms with Gasteiger partial charge >= 0.3 is 5.97 Å². The Morgan fingerprint density at radius 1 is 1.37 bits per heavy atom. The number of aromatic nitrogens is 2. The van der Waals surface area contributed by atoms with Gasteiger partial charge in [0.15, 0.2) is 5.82 Å². The quantitative estimate of drug-likeness (QED) is 0.784. The van der Waals surface area contributed by atoms with E-state index < -0.39 is 5.97 Å². The van der Waals surface area contributed by atoms with Crippen molar-refractivity contribution in [1.29, 1.82) is 0 Å². The molecule has 0 radical (unpaired) electrons. The van der Waals surface area contributed by atoms with Crippen molar-refractivity contribution in [3.05, 3.63) is 34.2 Å². The fraction of sp³-hybridized carbons (Fsp3) is 0.526. The first kappa shape index (κ1) is 19.6. The Labute approximate surface area is 163 Å². The predicted octanol–water partition coefficient (Wildman–Crippen LogP) is 3.07. The largest absolute Gasteiger partial charge is 0.462 e. The van der Waals surface area contributed by atoms with Gasteiger partial charge in [-0.25, -0.2) is 9.78 Å². The molecule has 146 valence electrons. The summed E-state index contributed by atoms with van der Waals surface area (Å²) in [7, 11) is 1.75. The molecule has 2 aromatic rings. The summed E-state index contributed by atoms with van der Waals surface area (Å²) in [6, 6.07) is 0. The van der Waals surface area contributed by atoms with Crippen molar-refractivity contribution >= 4 is 28.2 Å². The van der Waals surface area contributed by atoms with Crippen molar-refractivity contribution < 1.29 is 14.3 Å². The first-order valence-corrected chi connectivity index (χ1v) is 9.78. The summed E-state index contributed by atoms with van der Waals surface area (Å²) in [6.07, 6.45) is 3.95. The fourth-order valence-electron chi connectivity index (χ4n) is 3.78. The Morgan fingerprint density at radius 2 is 2.07 bits per heavy atom. The van der Waals surface area contributed by atoms with E-state index in [0.29, 0.717) is 17.0 Å². The van der Waals surface area contributed by atoms with Gasteiger partial charge in [-0.3, -0.25) is 4.79 Å². The summed E-state index contributed by atoms with van der Waals surface area (Å²) in [5.74, 6) is -0.468. The molecule has 0 unspecified atom stereocenters. The number of fused-ring (bicyclic) bond motifs is 1. The summed E-state index contributed by atoms with van der Waals surface area (Å²) in [5, 5.41) is 7.01. The van der Waals surface area contributed by atoms with E-state index in [-0.39, 0.29) is 29.4 Å². The van der Waals surface area contributed by atoms with E-state index in [2.05, 4.69) is 43.3 Å². The van der Waals surface area contributed by atoms with Gasteiger partial charge in [-0.1, -0.05) is 0 Å². The number of carbonyl (C=O) groups is 2. The number of thiophene rings is 1. The molecule has 7 nitrogen and oxygen atoms in total. The molecule has 2 N–H and O–H groups in total. The highest BCUT2D eigenvalue weighted by molar-refractivity contribution is 7.17. The number of hydrogen-bond donors (Lipinski definition) is 2. The number of nitrogens with zero attached hydrogens (tertiary/aromatic N) is 2. The van der Waals surface area contributed by atoms with Crippen LogP contribution in [-0.4, -0.2) is 33.6 Å². The molecule has 2 aromatic heterocycles. The molecule has 0 spiro atoms. The van der Waals surface area contributed by atoms with Crippen molar-refractivity contribution in [1.82, 2.24) is 14.9 Å². The molecule has 0 atom stereocenters. The molecule has 0 saturated heterocycles. The second-order valence-corrected chi connectivity index (χ2v) is 8.98. The lowest BCUT2D eigenvalue weighted by atomic mass is 9.81. The van der Waals surface area contributed by atoms with Crippen LogP contribution in [0.15, 0.2) is 12.4 Å². The van der Waals surface area contributed by atoms with E-state index >= 15 is 0 Å². The average Bonchev–Trinajstić information content (AvgIpc) is 3.09. The second-order valence-electron chi connectivity index (χ2n) is 7.96. The van der Waals surface area contributed by atoms with Gasteiger partial charge < -0.3 is 19.9 Å². The van der Waals surface area contributed by atoms with E-state index in [0.717, 1.165) is 10.4 Å². The Kier molecular flexibility index (Phi) is 4.90. The van der Waals surface area contributed by atoms with Gasteiger partial charge in [-0.05, 0) is 46.6 Å². The van der Waals surface area contributed by atoms with Gasteiger partial charge in [-0.15, -0.1) is 11.3 Å². The fourth-order valence-corrected chi connectivity index (χ4v) is 5.04. The lowest BCUT2D eigenvalue weighted by molar-refractivity contribution is 0.0526. The molecular weight excluding hydrogens is 364 g/mol. The second kappa shape index (κ2) is 6.76. The molecule has 0 fully saturated rings. The highest BCUT2D eigenvalue weighted by atomic mass is 32.1. The van der Waals surface area contributed by atoms with Gasteiger partial charge in [0, 0.05) is 35.4 Å². The van der Waals surface area contributed by atoms with Crippen LogP contribution in [0.5, 0.6) is 0 Å². The number of nitrogens with one attached hydrogen (secondary N) is 2. The van der Waals surface area contributed by atoms with E-state index in [9.17, 15) is 9.59 Å². The number of esters is 1. The zero-order chi connectivity index (χ0) is 20.0. The van der Waals surface area contributed by atoms with Crippen LogP contribution in [0.4, 0.5) is 5.00 Å². The van der Waals surface area contributed by atoms with E-state index in [1.54, 1.807) is 30.9 Å². The molecule has 1 aliphatic heterocycles. The highest BCUT2D eigenvalue weighted by Gasteiger charge is 2.42. The topological polar surface area (TPSA) is 85.2 Å². The third-order valence-corrected chi connectivity index (χ3v) is 6.05. The average molecular weight is 391 g/mol. The lowest BCUT2D eigenvalue weighted by Crippen LogP contribution is -2.55. The molecule has 1 amide bonds. The first-order chi connectivity index (χ1) is 12.6. The molecule has 0 saturated carbocycles. The summed E-state index contributed by atoms with van der Waals surface area (Å²) in [6.45, 7) is 10.4. The molecule has 0 aromatic carbocycles. The number of aryl methyl sites for hydroxylation is 1. The monoisotopic (exact) mass is 390 g/mol. The van der Waals surface area contributed by atoms with Gasteiger partial charge in [0.05, 0.1) is 12.2 Å². The number of ether oxygens (including phenoxy) is 1. The van der Waals surface area contributed by atoms with Crippen LogP contribution in [0.2, 0.25) is 0 Å². The van der Waals surface area contributed by atoms with Crippen LogP contribution in [0, 0.1) is 0 Å². The minimum absolute atomic E-state index is 0.181. The maximum Gasteiger partial charge on any atom is 0.341 e. The molecule has 3 heterocycles. The van der Waals surface area contributed by atoms with Crippen molar-refractivity contribution in [2.24, 2.45) is 7.05 Å². The zero-order valence-electron chi connectivity index (χ0n) is 16.6. The summed E-state index contributed by atoms with van der Waals surface area (Å²) in [4.78, 5) is 30.5. The first-order valence-electron chi connectivity index (χ1n) is 8.97. The molecule has 0 bridgehead atoms. The molecule has 0 aliphatic carbocycles. The number of carbonyl (C=O) groups excluding carboxylic acids is 2. The van der Waals surface area contributed by atoms with Crippen molar-refractivity contribution in [3.63, 3.8) is 0 Å². The summed E-state index contributed by atoms with van der Waals surface area (Å²) >= 11 is 1.42. The molecule has 3 rings (SSSR count). The van der Waals surface area contributed by atoms with E-state index in [4.69, 9.17) is 4.74 Å². The molecule has 8 heteroatoms. The third kappa shape index (κ3) is 3.64. The number of rotatable bonds is 4. The number of anilines is 1. The maximum absolute atomic E-state index is 12.7. The van der Waals surface area contributed by atoms with Gasteiger partial charge in [0.2, 0.25) is 0 Å². The number of imidazole rings is 1. The van der Waals surface area contributed by atoms with Crippen molar-refractivity contribution in [3.8, 4) is 0 Å². The maximum atomic E-state index is 12.7. The Balaban J connectivity index is 2.09. The standard InChI is InChI=1S/C19H26N4O3S/c1-7-26-17(25)12-11-10-18(2,3)22-19(4,5)13(11)27-16(12)21-15(24)14-20-8-9-23(14)6/h8-9,22H,7,10H2,1-6H3,(H,21,24). The van der Waals surface area contributed by atoms with Gasteiger partial charge in [0.1, 0.15) is 5.00 Å². The Morgan fingerprint density at radius 3 is 2.67 bits per heavy atom. The lowest BCUT2D eigenvalue weighted by Gasteiger charge is -2.42. The molecule has 27 heavy (non-hydrogen) atoms. The molecule has 1 aliphatic rings. The third-order valence-electron chi connectivity index (χ3n) is 4.58. The van der Waals surface area contributed by atoms with Crippen molar-refractivity contribution in [2.75, 3.05) is 11.9 Å². The number of hydrogen-bond acceptors (Lipinski definition) is 6. The molecular formula is C19H26N4O3S. The predicted molar refractivity (Wildman–Crippen MR) is 105 cm³/mol. The summed E-state index contributed by atoms with van der Waals surface area (Å²) in [5.41, 5.74) is 0.902. The minimum Gasteiger partial charge on any atom is -0.462 e.